The number of halogens is 3. The number of hydrogen-bond donors (Lipinski definition) is 1. The van der Waals surface area contributed by atoms with Crippen LogP contribution in [0.1, 0.15) is 25.8 Å². The Balaban J connectivity index is 1.76. The highest BCUT2D eigenvalue weighted by Crippen LogP contribution is 2.34. The van der Waals surface area contributed by atoms with Crippen molar-refractivity contribution >= 4 is 50.7 Å². The van der Waals surface area contributed by atoms with Crippen molar-refractivity contribution < 1.29 is 31.9 Å². The van der Waals surface area contributed by atoms with E-state index in [4.69, 9.17) is 32.7 Å². The van der Waals surface area contributed by atoms with Gasteiger partial charge >= 0.3 is 0 Å². The molecule has 0 spiro atoms. The van der Waals surface area contributed by atoms with Gasteiger partial charge in [-0.3, -0.25) is 13.9 Å². The maximum absolute atomic E-state index is 14.0. The van der Waals surface area contributed by atoms with E-state index in [1.54, 1.807) is 26.0 Å². The number of likely N-dealkylation sites (N-methyl/N-ethyl adjacent to an activating group) is 1. The lowest BCUT2D eigenvalue weighted by Crippen LogP contribution is -2.52. The van der Waals surface area contributed by atoms with Crippen LogP contribution in [0.2, 0.25) is 10.0 Å². The third kappa shape index (κ3) is 7.08. The minimum atomic E-state index is -4.39. The van der Waals surface area contributed by atoms with E-state index in [0.29, 0.717) is 29.5 Å². The fourth-order valence-electron chi connectivity index (χ4n) is 4.49. The summed E-state index contributed by atoms with van der Waals surface area (Å²) in [5, 5.41) is 3.41. The number of anilines is 1. The second kappa shape index (κ2) is 13.6. The number of nitrogens with one attached hydrogen (secondary N) is 1. The molecule has 3 aromatic rings. The van der Waals surface area contributed by atoms with Crippen LogP contribution in [0.25, 0.3) is 0 Å². The summed E-state index contributed by atoms with van der Waals surface area (Å²) in [5.74, 6) is -1.02. The molecule has 0 saturated heterocycles. The number of fused-ring (bicyclic) bond motifs is 1. The number of hydrogen-bond acceptors (Lipinski definition) is 6. The van der Waals surface area contributed by atoms with Gasteiger partial charge in [0.15, 0.2) is 11.5 Å². The average Bonchev–Trinajstić information content (AvgIpc) is 2.97. The Morgan fingerprint density at radius 3 is 2.31 bits per heavy atom. The molecular weight excluding hydrogens is 608 g/mol. The predicted molar refractivity (Wildman–Crippen MR) is 158 cm³/mol. The Morgan fingerprint density at radius 2 is 1.67 bits per heavy atom. The van der Waals surface area contributed by atoms with Crippen LogP contribution in [0.15, 0.2) is 65.6 Å². The minimum absolute atomic E-state index is 0.0511. The zero-order chi connectivity index (χ0) is 30.4. The second-order valence-corrected chi connectivity index (χ2v) is 12.1. The summed E-state index contributed by atoms with van der Waals surface area (Å²) < 4.78 is 53.9. The van der Waals surface area contributed by atoms with E-state index >= 15 is 0 Å². The maximum atomic E-state index is 14.0. The standard InChI is InChI=1S/C29H30Cl2FN3O6S/c1-3-25(29(37)33-4-2)34(17-19-5-6-20(30)15-24(19)31)28(36)18-35(22-9-7-21(32)8-10-22)42(38,39)23-11-12-26-27(16-23)41-14-13-40-26/h5-12,15-16,25H,3-4,13-14,17-18H2,1-2H3,(H,33,37)/t25-/m1/s1. The molecular formula is C29H30Cl2FN3O6S. The highest BCUT2D eigenvalue weighted by atomic mass is 35.5. The number of sulfonamides is 1. The lowest BCUT2D eigenvalue weighted by molar-refractivity contribution is -0.140. The van der Waals surface area contributed by atoms with Crippen LogP contribution in [0.4, 0.5) is 10.1 Å². The largest absolute Gasteiger partial charge is 0.486 e. The van der Waals surface area contributed by atoms with Crippen molar-refractivity contribution in [3.8, 4) is 11.5 Å². The van der Waals surface area contributed by atoms with Crippen LogP contribution in [-0.2, 0) is 26.2 Å². The third-order valence-corrected chi connectivity index (χ3v) is 8.94. The summed E-state index contributed by atoms with van der Waals surface area (Å²) in [6.45, 7) is 3.62. The molecule has 0 unspecified atom stereocenters. The van der Waals surface area contributed by atoms with Gasteiger partial charge in [-0.05, 0) is 67.4 Å². The molecule has 0 radical (unpaired) electrons. The van der Waals surface area contributed by atoms with Gasteiger partial charge in [0.25, 0.3) is 10.0 Å². The van der Waals surface area contributed by atoms with Gasteiger partial charge in [0, 0.05) is 29.2 Å². The van der Waals surface area contributed by atoms with Crippen molar-refractivity contribution in [1.29, 1.82) is 0 Å². The monoisotopic (exact) mass is 637 g/mol. The Bertz CT molecular complexity index is 1560. The van der Waals surface area contributed by atoms with E-state index < -0.39 is 40.2 Å². The van der Waals surface area contributed by atoms with Gasteiger partial charge in [-0.1, -0.05) is 36.2 Å². The summed E-state index contributed by atoms with van der Waals surface area (Å²) in [4.78, 5) is 28.2. The fourth-order valence-corrected chi connectivity index (χ4v) is 6.39. The minimum Gasteiger partial charge on any atom is -0.486 e. The van der Waals surface area contributed by atoms with E-state index in [-0.39, 0.29) is 40.9 Å². The summed E-state index contributed by atoms with van der Waals surface area (Å²) >= 11 is 12.5. The van der Waals surface area contributed by atoms with E-state index in [1.807, 2.05) is 0 Å². The molecule has 0 aliphatic carbocycles. The zero-order valence-corrected chi connectivity index (χ0v) is 25.3. The summed E-state index contributed by atoms with van der Waals surface area (Å²) in [6.07, 6.45) is 0.244. The maximum Gasteiger partial charge on any atom is 0.264 e. The number of nitrogens with zero attached hydrogens (tertiary/aromatic N) is 2. The molecule has 9 nitrogen and oxygen atoms in total. The molecule has 0 saturated carbocycles. The first-order valence-electron chi connectivity index (χ1n) is 13.2. The number of amides is 2. The van der Waals surface area contributed by atoms with Crippen molar-refractivity contribution in [2.75, 3.05) is 30.6 Å². The molecule has 4 rings (SSSR count). The lowest BCUT2D eigenvalue weighted by Gasteiger charge is -2.33. The van der Waals surface area contributed by atoms with Crippen LogP contribution in [0.3, 0.4) is 0 Å². The van der Waals surface area contributed by atoms with Crippen molar-refractivity contribution in [1.82, 2.24) is 10.2 Å². The fraction of sp³-hybridized carbons (Fsp3) is 0.310. The summed E-state index contributed by atoms with van der Waals surface area (Å²) in [6, 6.07) is 12.7. The van der Waals surface area contributed by atoms with Crippen LogP contribution in [-0.4, -0.2) is 57.5 Å². The topological polar surface area (TPSA) is 105 Å². The Kier molecular flexibility index (Phi) is 10.2. The third-order valence-electron chi connectivity index (χ3n) is 6.59. The summed E-state index contributed by atoms with van der Waals surface area (Å²) in [5.41, 5.74) is 0.565. The second-order valence-electron chi connectivity index (χ2n) is 9.37. The van der Waals surface area contributed by atoms with E-state index in [1.165, 1.54) is 41.3 Å². The number of carbonyl (C=O) groups is 2. The van der Waals surface area contributed by atoms with Crippen molar-refractivity contribution in [2.45, 2.75) is 37.8 Å². The van der Waals surface area contributed by atoms with Crippen LogP contribution >= 0.6 is 23.2 Å². The first-order valence-corrected chi connectivity index (χ1v) is 15.4. The SMILES string of the molecule is CCNC(=O)[C@@H](CC)N(Cc1ccc(Cl)cc1Cl)C(=O)CN(c1ccc(F)cc1)S(=O)(=O)c1ccc2c(c1)OCCO2. The molecule has 13 heteroatoms. The van der Waals surface area contributed by atoms with Gasteiger partial charge < -0.3 is 19.7 Å². The first-order chi connectivity index (χ1) is 20.0. The van der Waals surface area contributed by atoms with Gasteiger partial charge in [0.05, 0.1) is 10.6 Å². The molecule has 42 heavy (non-hydrogen) atoms. The van der Waals surface area contributed by atoms with E-state index in [2.05, 4.69) is 5.32 Å². The number of carbonyl (C=O) groups excluding carboxylic acids is 2. The van der Waals surface area contributed by atoms with Crippen molar-refractivity contribution in [3.05, 3.63) is 82.1 Å². The summed E-state index contributed by atoms with van der Waals surface area (Å²) in [7, 11) is -4.39. The first kappa shape index (κ1) is 31.4. The smallest absolute Gasteiger partial charge is 0.264 e. The molecule has 1 atom stereocenters. The van der Waals surface area contributed by atoms with Crippen LogP contribution in [0.5, 0.6) is 11.5 Å². The molecule has 1 aliphatic heterocycles. The molecule has 0 aromatic heterocycles. The molecule has 224 valence electrons. The molecule has 2 amide bonds. The van der Waals surface area contributed by atoms with Crippen LogP contribution in [0, 0.1) is 5.82 Å². The predicted octanol–water partition coefficient (Wildman–Crippen LogP) is 5.04. The number of rotatable bonds is 11. The van der Waals surface area contributed by atoms with Crippen molar-refractivity contribution in [3.63, 3.8) is 0 Å². The van der Waals surface area contributed by atoms with Gasteiger partial charge in [-0.15, -0.1) is 0 Å². The number of ether oxygens (including phenoxy) is 2. The van der Waals surface area contributed by atoms with Gasteiger partial charge in [0.2, 0.25) is 11.8 Å². The Hall–Kier alpha value is -3.54. The molecule has 1 N–H and O–H groups in total. The quantitative estimate of drug-likeness (QED) is 0.316. The van der Waals surface area contributed by atoms with E-state index in [9.17, 15) is 22.4 Å². The normalized spacial score (nSPS) is 13.3. The highest BCUT2D eigenvalue weighted by Gasteiger charge is 2.34. The Labute approximate surface area is 254 Å². The van der Waals surface area contributed by atoms with Crippen LogP contribution < -0.4 is 19.1 Å². The van der Waals surface area contributed by atoms with Gasteiger partial charge in [-0.2, -0.15) is 0 Å². The zero-order valence-electron chi connectivity index (χ0n) is 23.0. The van der Waals surface area contributed by atoms with Gasteiger partial charge in [-0.25, -0.2) is 12.8 Å². The molecule has 1 aliphatic rings. The molecule has 1 heterocycles. The average molecular weight is 639 g/mol. The van der Waals surface area contributed by atoms with Crippen molar-refractivity contribution in [2.24, 2.45) is 0 Å². The molecule has 3 aromatic carbocycles. The lowest BCUT2D eigenvalue weighted by atomic mass is 10.1. The number of benzene rings is 3. The van der Waals surface area contributed by atoms with E-state index in [0.717, 1.165) is 16.4 Å². The Morgan fingerprint density at radius 1 is 0.976 bits per heavy atom. The highest BCUT2D eigenvalue weighted by molar-refractivity contribution is 7.92. The molecule has 0 bridgehead atoms. The molecule has 0 fully saturated rings. The van der Waals surface area contributed by atoms with Gasteiger partial charge in [0.1, 0.15) is 31.6 Å².